The van der Waals surface area contributed by atoms with E-state index in [1.165, 1.54) is 134 Å². The lowest BCUT2D eigenvalue weighted by Gasteiger charge is -2.26. The van der Waals surface area contributed by atoms with Gasteiger partial charge < -0.3 is 18.6 Å². The molecule has 0 bridgehead atoms. The van der Waals surface area contributed by atoms with Crippen LogP contribution in [0.3, 0.4) is 0 Å². The first-order chi connectivity index (χ1) is 28.6. The van der Waals surface area contributed by atoms with Gasteiger partial charge in [0.25, 0.3) is 0 Å². The first kappa shape index (κ1) is 38.1. The predicted molar refractivity (Wildman–Crippen MR) is 252 cm³/mol. The van der Waals surface area contributed by atoms with E-state index in [-0.39, 0.29) is 0 Å². The highest BCUT2D eigenvalue weighted by Crippen LogP contribution is 2.43. The molecule has 9 rings (SSSR count). The largest absolute Gasteiger partial charge is 0.341 e. The Kier molecular flexibility index (Phi) is 10.8. The average molecular weight is 765 g/mol. The van der Waals surface area contributed by atoms with E-state index < -0.39 is 0 Å². The van der Waals surface area contributed by atoms with Gasteiger partial charge in [-0.05, 0) is 104 Å². The van der Waals surface area contributed by atoms with Crippen molar-refractivity contribution in [3.63, 3.8) is 0 Å². The zero-order valence-corrected chi connectivity index (χ0v) is 35.3. The Balaban J connectivity index is 1.25. The highest BCUT2D eigenvalue weighted by Gasteiger charge is 2.22. The molecule has 9 aromatic rings. The number of rotatable bonds is 16. The number of hydrogen-bond acceptors (Lipinski definition) is 1. The third-order valence-electron chi connectivity index (χ3n) is 13.3. The van der Waals surface area contributed by atoms with Crippen molar-refractivity contribution < 1.29 is 0 Å². The molecule has 0 spiro atoms. The SMILES string of the molecule is CCCCC(CC)Cn1c2ccccc2c2cc(N(c3ccc4c(c3)c3ccccc3n4CC)c3ccc4c(c3)c3ccccc3n4CC(CC)CCCC)ccc21. The van der Waals surface area contributed by atoms with Crippen LogP contribution in [0.25, 0.3) is 65.4 Å². The Morgan fingerprint density at radius 2 is 0.741 bits per heavy atom. The maximum Gasteiger partial charge on any atom is 0.0492 e. The number of benzene rings is 6. The van der Waals surface area contributed by atoms with E-state index in [0.717, 1.165) is 19.6 Å². The summed E-state index contributed by atoms with van der Waals surface area (Å²) in [5.41, 5.74) is 11.4. The van der Waals surface area contributed by atoms with E-state index in [1.54, 1.807) is 0 Å². The molecule has 0 radical (unpaired) electrons. The summed E-state index contributed by atoms with van der Waals surface area (Å²) in [6, 6.07) is 48.6. The van der Waals surface area contributed by atoms with Crippen LogP contribution in [0.2, 0.25) is 0 Å². The highest BCUT2D eigenvalue weighted by atomic mass is 15.1. The molecule has 3 aromatic heterocycles. The third-order valence-corrected chi connectivity index (χ3v) is 13.3. The Morgan fingerprint density at radius 1 is 0.397 bits per heavy atom. The van der Waals surface area contributed by atoms with E-state index in [4.69, 9.17) is 0 Å². The maximum atomic E-state index is 2.61. The lowest BCUT2D eigenvalue weighted by molar-refractivity contribution is 0.401. The van der Waals surface area contributed by atoms with Gasteiger partial charge in [-0.3, -0.25) is 0 Å². The van der Waals surface area contributed by atoms with Crippen LogP contribution >= 0.6 is 0 Å². The van der Waals surface area contributed by atoms with E-state index in [0.29, 0.717) is 11.8 Å². The van der Waals surface area contributed by atoms with Crippen molar-refractivity contribution in [1.29, 1.82) is 0 Å². The second-order valence-electron chi connectivity index (χ2n) is 16.8. The van der Waals surface area contributed by atoms with Gasteiger partial charge in [0.05, 0.1) is 0 Å². The summed E-state index contributed by atoms with van der Waals surface area (Å²) >= 11 is 0. The predicted octanol–water partition coefficient (Wildman–Crippen LogP) is 15.9. The molecule has 2 unspecified atom stereocenters. The summed E-state index contributed by atoms with van der Waals surface area (Å²) in [7, 11) is 0. The van der Waals surface area contributed by atoms with Crippen LogP contribution in [0.1, 0.15) is 86.0 Å². The zero-order valence-electron chi connectivity index (χ0n) is 35.3. The second-order valence-corrected chi connectivity index (χ2v) is 16.8. The number of nitrogens with zero attached hydrogens (tertiary/aromatic N) is 4. The Labute approximate surface area is 344 Å². The molecular formula is C54H60N4. The van der Waals surface area contributed by atoms with Gasteiger partial charge in [0, 0.05) is 102 Å². The molecule has 2 atom stereocenters. The van der Waals surface area contributed by atoms with Gasteiger partial charge in [0.1, 0.15) is 0 Å². The minimum absolute atomic E-state index is 0.667. The smallest absolute Gasteiger partial charge is 0.0492 e. The van der Waals surface area contributed by atoms with Gasteiger partial charge in [-0.15, -0.1) is 0 Å². The van der Waals surface area contributed by atoms with Crippen LogP contribution < -0.4 is 4.90 Å². The van der Waals surface area contributed by atoms with Crippen molar-refractivity contribution in [3.8, 4) is 0 Å². The molecule has 6 aromatic carbocycles. The lowest BCUT2D eigenvalue weighted by atomic mass is 9.99. The average Bonchev–Trinajstić information content (AvgIpc) is 3.88. The van der Waals surface area contributed by atoms with Crippen LogP contribution in [0.4, 0.5) is 17.1 Å². The van der Waals surface area contributed by atoms with Gasteiger partial charge >= 0.3 is 0 Å². The van der Waals surface area contributed by atoms with Crippen molar-refractivity contribution in [2.45, 2.75) is 106 Å². The first-order valence-electron chi connectivity index (χ1n) is 22.4. The number of para-hydroxylation sites is 3. The van der Waals surface area contributed by atoms with Gasteiger partial charge in [-0.25, -0.2) is 0 Å². The molecule has 0 aliphatic heterocycles. The van der Waals surface area contributed by atoms with Crippen LogP contribution in [-0.4, -0.2) is 13.7 Å². The minimum Gasteiger partial charge on any atom is -0.341 e. The van der Waals surface area contributed by atoms with Crippen molar-refractivity contribution in [3.05, 3.63) is 127 Å². The van der Waals surface area contributed by atoms with Gasteiger partial charge in [-0.2, -0.15) is 0 Å². The fraction of sp³-hybridized carbons (Fsp3) is 0.333. The van der Waals surface area contributed by atoms with Crippen LogP contribution in [0.15, 0.2) is 127 Å². The summed E-state index contributed by atoms with van der Waals surface area (Å²) in [5, 5.41) is 7.91. The fourth-order valence-corrected chi connectivity index (χ4v) is 10.1. The van der Waals surface area contributed by atoms with Gasteiger partial charge in [-0.1, -0.05) is 121 Å². The van der Waals surface area contributed by atoms with E-state index in [1.807, 2.05) is 0 Å². The van der Waals surface area contributed by atoms with Crippen LogP contribution in [0, 0.1) is 11.8 Å². The molecule has 0 saturated heterocycles. The molecule has 4 heteroatoms. The van der Waals surface area contributed by atoms with E-state index in [2.05, 4.69) is 181 Å². The summed E-state index contributed by atoms with van der Waals surface area (Å²) in [6.07, 6.45) is 10.0. The second kappa shape index (κ2) is 16.4. The molecule has 0 aliphatic carbocycles. The number of aryl methyl sites for hydroxylation is 1. The highest BCUT2D eigenvalue weighted by molar-refractivity contribution is 6.13. The third kappa shape index (κ3) is 6.65. The molecule has 0 fully saturated rings. The van der Waals surface area contributed by atoms with Crippen molar-refractivity contribution in [2.75, 3.05) is 4.90 Å². The molecule has 4 nitrogen and oxygen atoms in total. The van der Waals surface area contributed by atoms with Gasteiger partial charge in [0.2, 0.25) is 0 Å². The molecule has 296 valence electrons. The number of unbranched alkanes of at least 4 members (excludes halogenated alkanes) is 2. The zero-order chi connectivity index (χ0) is 39.8. The minimum atomic E-state index is 0.667. The van der Waals surface area contributed by atoms with Crippen LogP contribution in [-0.2, 0) is 19.6 Å². The molecule has 3 heterocycles. The lowest BCUT2D eigenvalue weighted by Crippen LogP contribution is -2.11. The molecule has 0 saturated carbocycles. The standard InChI is InChI=1S/C54H60N4/c1-6-11-19-38(8-3)36-56-50-25-17-14-22-44(50)47-34-41(28-31-53(47)56)58(40-27-30-52-46(33-40)43-21-13-16-24-49(43)55(52)10-5)42-29-32-54-48(35-42)45-23-15-18-26-51(45)57(54)37-39(9-4)20-12-7-2/h13-18,21-35,38-39H,6-12,19-20,36-37H2,1-5H3. The summed E-state index contributed by atoms with van der Waals surface area (Å²) in [5.74, 6) is 1.33. The molecule has 0 N–H and O–H groups in total. The van der Waals surface area contributed by atoms with Crippen molar-refractivity contribution in [2.24, 2.45) is 11.8 Å². The fourth-order valence-electron chi connectivity index (χ4n) is 10.1. The number of aromatic nitrogens is 3. The Bertz CT molecular complexity index is 2730. The quantitative estimate of drug-likeness (QED) is 0.0958. The molecule has 0 aliphatic rings. The number of fused-ring (bicyclic) bond motifs is 9. The summed E-state index contributed by atoms with van der Waals surface area (Å²) in [6.45, 7) is 14.6. The van der Waals surface area contributed by atoms with Crippen molar-refractivity contribution in [1.82, 2.24) is 13.7 Å². The molecule has 58 heavy (non-hydrogen) atoms. The molecule has 0 amide bonds. The topological polar surface area (TPSA) is 18.0 Å². The van der Waals surface area contributed by atoms with Crippen LogP contribution in [0.5, 0.6) is 0 Å². The first-order valence-corrected chi connectivity index (χ1v) is 22.4. The maximum absolute atomic E-state index is 2.61. The summed E-state index contributed by atoms with van der Waals surface area (Å²) in [4.78, 5) is 2.51. The summed E-state index contributed by atoms with van der Waals surface area (Å²) < 4.78 is 7.67. The molecular weight excluding hydrogens is 705 g/mol. The van der Waals surface area contributed by atoms with E-state index in [9.17, 15) is 0 Å². The van der Waals surface area contributed by atoms with Gasteiger partial charge in [0.15, 0.2) is 0 Å². The van der Waals surface area contributed by atoms with E-state index >= 15 is 0 Å². The number of anilines is 3. The monoisotopic (exact) mass is 764 g/mol. The Hall–Kier alpha value is -5.48. The van der Waals surface area contributed by atoms with Crippen molar-refractivity contribution >= 4 is 82.5 Å². The Morgan fingerprint density at radius 3 is 1.10 bits per heavy atom. The number of hydrogen-bond donors (Lipinski definition) is 0. The normalized spacial score (nSPS) is 13.2.